The topological polar surface area (TPSA) is 64.9 Å². The van der Waals surface area contributed by atoms with E-state index in [4.69, 9.17) is 4.74 Å². The highest BCUT2D eigenvalue weighted by molar-refractivity contribution is 5.20. The van der Waals surface area contributed by atoms with Crippen LogP contribution in [0.15, 0.2) is 24.8 Å². The molecule has 0 bridgehead atoms. The summed E-state index contributed by atoms with van der Waals surface area (Å²) in [5, 5.41) is 7.63. The Morgan fingerprint density at radius 2 is 2.25 bits per heavy atom. The van der Waals surface area contributed by atoms with Gasteiger partial charge in [0, 0.05) is 25.3 Å². The van der Waals surface area contributed by atoms with Crippen molar-refractivity contribution in [2.45, 2.75) is 45.3 Å². The SMILES string of the molecule is CCCn1cc(Oc2cncc(CNC3CC3)n2)cn1. The maximum atomic E-state index is 5.68. The molecular formula is C14H19N5O. The molecule has 0 amide bonds. The highest BCUT2D eigenvalue weighted by Crippen LogP contribution is 2.20. The highest BCUT2D eigenvalue weighted by atomic mass is 16.5. The van der Waals surface area contributed by atoms with E-state index < -0.39 is 0 Å². The van der Waals surface area contributed by atoms with Crippen LogP contribution in [-0.2, 0) is 13.1 Å². The molecule has 2 aromatic rings. The molecule has 0 aromatic carbocycles. The Balaban J connectivity index is 1.61. The summed E-state index contributed by atoms with van der Waals surface area (Å²) in [6, 6.07) is 0.661. The van der Waals surface area contributed by atoms with Gasteiger partial charge in [-0.05, 0) is 19.3 Å². The molecule has 3 rings (SSSR count). The van der Waals surface area contributed by atoms with Crippen molar-refractivity contribution in [3.63, 3.8) is 0 Å². The molecule has 1 aliphatic rings. The van der Waals surface area contributed by atoms with E-state index in [0.717, 1.165) is 25.2 Å². The van der Waals surface area contributed by atoms with E-state index in [0.29, 0.717) is 17.7 Å². The summed E-state index contributed by atoms with van der Waals surface area (Å²) in [5.41, 5.74) is 0.898. The zero-order chi connectivity index (χ0) is 13.8. The number of nitrogens with zero attached hydrogens (tertiary/aromatic N) is 4. The predicted octanol–water partition coefficient (Wildman–Crippen LogP) is 2.13. The van der Waals surface area contributed by atoms with Gasteiger partial charge in [-0.15, -0.1) is 0 Å². The van der Waals surface area contributed by atoms with Gasteiger partial charge in [-0.3, -0.25) is 9.67 Å². The fourth-order valence-corrected chi connectivity index (χ4v) is 1.93. The third-order valence-corrected chi connectivity index (χ3v) is 3.10. The number of aromatic nitrogens is 4. The van der Waals surface area contributed by atoms with Crippen molar-refractivity contribution in [1.82, 2.24) is 25.1 Å². The maximum Gasteiger partial charge on any atom is 0.238 e. The summed E-state index contributed by atoms with van der Waals surface area (Å²) in [4.78, 5) is 8.61. The second-order valence-corrected chi connectivity index (χ2v) is 5.04. The van der Waals surface area contributed by atoms with Crippen LogP contribution in [0.5, 0.6) is 11.6 Å². The summed E-state index contributed by atoms with van der Waals surface area (Å²) in [6.07, 6.45) is 10.5. The zero-order valence-corrected chi connectivity index (χ0v) is 11.6. The molecule has 6 heteroatoms. The molecule has 6 nitrogen and oxygen atoms in total. The predicted molar refractivity (Wildman–Crippen MR) is 74.5 cm³/mol. The number of hydrogen-bond acceptors (Lipinski definition) is 5. The molecule has 106 valence electrons. The van der Waals surface area contributed by atoms with E-state index in [2.05, 4.69) is 27.3 Å². The first kappa shape index (κ1) is 13.1. The average molecular weight is 273 g/mol. The standard InChI is InChI=1S/C14H19N5O/c1-2-5-19-10-13(8-17-19)20-14-9-15-6-12(18-14)7-16-11-3-4-11/h6,8-11,16H,2-5,7H2,1H3. The van der Waals surface area contributed by atoms with Crippen LogP contribution in [0.1, 0.15) is 31.9 Å². The Hall–Kier alpha value is -1.95. The number of rotatable bonds is 7. The fraction of sp³-hybridized carbons (Fsp3) is 0.500. The fourth-order valence-electron chi connectivity index (χ4n) is 1.93. The van der Waals surface area contributed by atoms with Gasteiger partial charge in [0.05, 0.1) is 24.3 Å². The summed E-state index contributed by atoms with van der Waals surface area (Å²) in [6.45, 7) is 3.74. The Labute approximate surface area is 118 Å². The molecule has 2 aromatic heterocycles. The summed E-state index contributed by atoms with van der Waals surface area (Å²) in [5.74, 6) is 1.20. The Morgan fingerprint density at radius 1 is 1.35 bits per heavy atom. The van der Waals surface area contributed by atoms with Gasteiger partial charge in [-0.1, -0.05) is 6.92 Å². The largest absolute Gasteiger partial charge is 0.434 e. The lowest BCUT2D eigenvalue weighted by molar-refractivity contribution is 0.454. The van der Waals surface area contributed by atoms with Crippen molar-refractivity contribution in [2.75, 3.05) is 0 Å². The van der Waals surface area contributed by atoms with Crippen LogP contribution in [0, 0.1) is 0 Å². The molecule has 1 fully saturated rings. The van der Waals surface area contributed by atoms with Gasteiger partial charge in [0.2, 0.25) is 5.88 Å². The van der Waals surface area contributed by atoms with Crippen LogP contribution in [0.4, 0.5) is 0 Å². The van der Waals surface area contributed by atoms with E-state index in [1.165, 1.54) is 12.8 Å². The van der Waals surface area contributed by atoms with Crippen LogP contribution >= 0.6 is 0 Å². The van der Waals surface area contributed by atoms with E-state index in [9.17, 15) is 0 Å². The molecule has 1 N–H and O–H groups in total. The van der Waals surface area contributed by atoms with Crippen LogP contribution in [-0.4, -0.2) is 25.8 Å². The normalized spacial score (nSPS) is 14.4. The van der Waals surface area contributed by atoms with Crippen LogP contribution < -0.4 is 10.1 Å². The lowest BCUT2D eigenvalue weighted by Gasteiger charge is -2.05. The Kier molecular flexibility index (Phi) is 3.92. The third kappa shape index (κ3) is 3.54. The Bertz CT molecular complexity index is 564. The molecular weight excluding hydrogens is 254 g/mol. The molecule has 1 aliphatic carbocycles. The maximum absolute atomic E-state index is 5.68. The van der Waals surface area contributed by atoms with Gasteiger partial charge in [-0.25, -0.2) is 4.98 Å². The van der Waals surface area contributed by atoms with Crippen molar-refractivity contribution in [2.24, 2.45) is 0 Å². The summed E-state index contributed by atoms with van der Waals surface area (Å²) >= 11 is 0. The third-order valence-electron chi connectivity index (χ3n) is 3.10. The molecule has 2 heterocycles. The number of nitrogens with one attached hydrogen (secondary N) is 1. The molecule has 20 heavy (non-hydrogen) atoms. The van der Waals surface area contributed by atoms with E-state index >= 15 is 0 Å². The van der Waals surface area contributed by atoms with E-state index in [1.807, 2.05) is 10.9 Å². The van der Waals surface area contributed by atoms with E-state index in [-0.39, 0.29) is 0 Å². The number of hydrogen-bond donors (Lipinski definition) is 1. The molecule has 0 atom stereocenters. The van der Waals surface area contributed by atoms with Crippen molar-refractivity contribution >= 4 is 0 Å². The summed E-state index contributed by atoms with van der Waals surface area (Å²) < 4.78 is 7.55. The average Bonchev–Trinajstić information content (AvgIpc) is 3.19. The van der Waals surface area contributed by atoms with Gasteiger partial charge in [-0.2, -0.15) is 5.10 Å². The van der Waals surface area contributed by atoms with Crippen LogP contribution in [0.3, 0.4) is 0 Å². The first-order valence-corrected chi connectivity index (χ1v) is 7.08. The molecule has 0 aliphatic heterocycles. The minimum Gasteiger partial charge on any atom is -0.434 e. The first-order chi connectivity index (χ1) is 9.83. The number of ether oxygens (including phenoxy) is 1. The molecule has 0 spiro atoms. The lowest BCUT2D eigenvalue weighted by Crippen LogP contribution is -2.16. The number of aryl methyl sites for hydroxylation is 1. The molecule has 0 saturated heterocycles. The van der Waals surface area contributed by atoms with Crippen molar-refractivity contribution in [3.8, 4) is 11.6 Å². The molecule has 0 unspecified atom stereocenters. The van der Waals surface area contributed by atoms with Crippen molar-refractivity contribution in [1.29, 1.82) is 0 Å². The lowest BCUT2D eigenvalue weighted by atomic mass is 10.4. The van der Waals surface area contributed by atoms with Crippen LogP contribution in [0.25, 0.3) is 0 Å². The smallest absolute Gasteiger partial charge is 0.238 e. The summed E-state index contributed by atoms with van der Waals surface area (Å²) in [7, 11) is 0. The van der Waals surface area contributed by atoms with Crippen molar-refractivity contribution < 1.29 is 4.74 Å². The minimum atomic E-state index is 0.510. The van der Waals surface area contributed by atoms with Gasteiger partial charge < -0.3 is 10.1 Å². The zero-order valence-electron chi connectivity index (χ0n) is 11.6. The first-order valence-electron chi connectivity index (χ1n) is 7.08. The highest BCUT2D eigenvalue weighted by Gasteiger charge is 2.20. The van der Waals surface area contributed by atoms with Gasteiger partial charge in [0.25, 0.3) is 0 Å². The molecule has 0 radical (unpaired) electrons. The quantitative estimate of drug-likeness (QED) is 0.837. The van der Waals surface area contributed by atoms with Crippen molar-refractivity contribution in [3.05, 3.63) is 30.5 Å². The second kappa shape index (κ2) is 6.00. The van der Waals surface area contributed by atoms with Gasteiger partial charge in [0.15, 0.2) is 5.75 Å². The monoisotopic (exact) mass is 273 g/mol. The van der Waals surface area contributed by atoms with Gasteiger partial charge >= 0.3 is 0 Å². The second-order valence-electron chi connectivity index (χ2n) is 5.04. The van der Waals surface area contributed by atoms with Gasteiger partial charge in [0.1, 0.15) is 0 Å². The van der Waals surface area contributed by atoms with E-state index in [1.54, 1.807) is 18.6 Å². The molecule has 1 saturated carbocycles. The minimum absolute atomic E-state index is 0.510. The van der Waals surface area contributed by atoms with Crippen LogP contribution in [0.2, 0.25) is 0 Å². The Morgan fingerprint density at radius 3 is 3.05 bits per heavy atom.